The Morgan fingerprint density at radius 2 is 2.24 bits per heavy atom. The standard InChI is InChI=1S/C12H17N3O2/c1-13-10-4-3-5-11(12(10)15(16)17)14(2)8-9-6-7-9/h3-5,9,13H,6-8H2,1-2H3. The Kier molecular flexibility index (Phi) is 3.17. The average molecular weight is 235 g/mol. The van der Waals surface area contributed by atoms with Gasteiger partial charge in [0.1, 0.15) is 11.4 Å². The van der Waals surface area contributed by atoms with Gasteiger partial charge < -0.3 is 10.2 Å². The summed E-state index contributed by atoms with van der Waals surface area (Å²) in [6, 6.07) is 5.38. The molecule has 1 fully saturated rings. The zero-order valence-corrected chi connectivity index (χ0v) is 10.1. The predicted molar refractivity (Wildman–Crippen MR) is 68.6 cm³/mol. The van der Waals surface area contributed by atoms with E-state index in [1.165, 1.54) is 12.8 Å². The molecule has 0 unspecified atom stereocenters. The summed E-state index contributed by atoms with van der Waals surface area (Å²) in [6.45, 7) is 0.897. The van der Waals surface area contributed by atoms with Crippen LogP contribution in [0.4, 0.5) is 17.1 Å². The highest BCUT2D eigenvalue weighted by atomic mass is 16.6. The Bertz CT molecular complexity index is 430. The average Bonchev–Trinajstić information content (AvgIpc) is 3.11. The Balaban J connectivity index is 2.33. The van der Waals surface area contributed by atoms with Gasteiger partial charge in [0.25, 0.3) is 0 Å². The lowest BCUT2D eigenvalue weighted by molar-refractivity contribution is -0.383. The smallest absolute Gasteiger partial charge is 0.315 e. The zero-order chi connectivity index (χ0) is 12.4. The van der Waals surface area contributed by atoms with Crippen LogP contribution in [0.15, 0.2) is 18.2 Å². The molecule has 1 N–H and O–H groups in total. The minimum Gasteiger partial charge on any atom is -0.382 e. The Morgan fingerprint density at radius 1 is 1.53 bits per heavy atom. The van der Waals surface area contributed by atoms with E-state index in [2.05, 4.69) is 5.32 Å². The topological polar surface area (TPSA) is 58.4 Å². The molecule has 1 aromatic rings. The number of nitro benzene ring substituents is 1. The van der Waals surface area contributed by atoms with E-state index in [0.29, 0.717) is 17.3 Å². The van der Waals surface area contributed by atoms with Crippen molar-refractivity contribution in [3.8, 4) is 0 Å². The molecule has 1 aliphatic rings. The quantitative estimate of drug-likeness (QED) is 0.629. The maximum atomic E-state index is 11.1. The van der Waals surface area contributed by atoms with E-state index >= 15 is 0 Å². The molecule has 0 bridgehead atoms. The molecule has 1 aliphatic carbocycles. The number of rotatable bonds is 5. The summed E-state index contributed by atoms with van der Waals surface area (Å²) in [4.78, 5) is 12.8. The Morgan fingerprint density at radius 3 is 2.76 bits per heavy atom. The zero-order valence-electron chi connectivity index (χ0n) is 10.1. The van der Waals surface area contributed by atoms with Crippen LogP contribution in [0, 0.1) is 16.0 Å². The van der Waals surface area contributed by atoms with Crippen LogP contribution in [0.25, 0.3) is 0 Å². The molecular weight excluding hydrogens is 218 g/mol. The summed E-state index contributed by atoms with van der Waals surface area (Å²) < 4.78 is 0. The molecule has 0 aliphatic heterocycles. The summed E-state index contributed by atoms with van der Waals surface area (Å²) in [5, 5.41) is 14.0. The van der Waals surface area contributed by atoms with Crippen LogP contribution < -0.4 is 10.2 Å². The third-order valence-electron chi connectivity index (χ3n) is 3.11. The molecule has 2 rings (SSSR count). The summed E-state index contributed by atoms with van der Waals surface area (Å²) in [5.74, 6) is 0.706. The van der Waals surface area contributed by atoms with E-state index in [-0.39, 0.29) is 10.6 Å². The van der Waals surface area contributed by atoms with Gasteiger partial charge >= 0.3 is 5.69 Å². The highest BCUT2D eigenvalue weighted by Crippen LogP contribution is 2.37. The van der Waals surface area contributed by atoms with Crippen molar-refractivity contribution >= 4 is 17.1 Å². The number of anilines is 2. The van der Waals surface area contributed by atoms with Crippen molar-refractivity contribution in [1.29, 1.82) is 0 Å². The summed E-state index contributed by atoms with van der Waals surface area (Å²) in [6.07, 6.45) is 2.48. The number of para-hydroxylation sites is 1. The fourth-order valence-electron chi connectivity index (χ4n) is 2.02. The first-order chi connectivity index (χ1) is 8.13. The predicted octanol–water partition coefficient (Wildman–Crippen LogP) is 2.48. The second-order valence-electron chi connectivity index (χ2n) is 4.50. The fourth-order valence-corrected chi connectivity index (χ4v) is 2.02. The summed E-state index contributed by atoms with van der Waals surface area (Å²) in [5.41, 5.74) is 1.42. The molecule has 0 aromatic heterocycles. The van der Waals surface area contributed by atoms with Crippen molar-refractivity contribution in [2.24, 2.45) is 5.92 Å². The SMILES string of the molecule is CNc1cccc(N(C)CC2CC2)c1[N+](=O)[O-]. The molecule has 0 amide bonds. The fraction of sp³-hybridized carbons (Fsp3) is 0.500. The van der Waals surface area contributed by atoms with E-state index in [4.69, 9.17) is 0 Å². The van der Waals surface area contributed by atoms with Gasteiger partial charge in [0.05, 0.1) is 4.92 Å². The van der Waals surface area contributed by atoms with Gasteiger partial charge in [-0.1, -0.05) is 6.07 Å². The molecule has 1 saturated carbocycles. The van der Waals surface area contributed by atoms with E-state index in [1.54, 1.807) is 19.2 Å². The third-order valence-corrected chi connectivity index (χ3v) is 3.11. The number of nitro groups is 1. The van der Waals surface area contributed by atoms with Crippen molar-refractivity contribution in [2.75, 3.05) is 30.9 Å². The van der Waals surface area contributed by atoms with E-state index in [0.717, 1.165) is 6.54 Å². The third kappa shape index (κ3) is 2.49. The van der Waals surface area contributed by atoms with Crippen molar-refractivity contribution < 1.29 is 4.92 Å². The number of hydrogen-bond donors (Lipinski definition) is 1. The maximum Gasteiger partial charge on any atom is 0.315 e. The Labute approximate surface area is 101 Å². The van der Waals surface area contributed by atoms with Gasteiger partial charge in [-0.05, 0) is 30.9 Å². The molecular formula is C12H17N3O2. The summed E-state index contributed by atoms with van der Waals surface area (Å²) >= 11 is 0. The van der Waals surface area contributed by atoms with Gasteiger partial charge in [-0.15, -0.1) is 0 Å². The minimum absolute atomic E-state index is 0.165. The monoisotopic (exact) mass is 235 g/mol. The second kappa shape index (κ2) is 4.61. The lowest BCUT2D eigenvalue weighted by atomic mass is 10.2. The number of nitrogens with zero attached hydrogens (tertiary/aromatic N) is 2. The van der Waals surface area contributed by atoms with Gasteiger partial charge in [-0.25, -0.2) is 0 Å². The second-order valence-corrected chi connectivity index (χ2v) is 4.50. The molecule has 0 atom stereocenters. The normalized spacial score (nSPS) is 14.5. The molecule has 5 nitrogen and oxygen atoms in total. The van der Waals surface area contributed by atoms with Gasteiger partial charge in [-0.3, -0.25) is 10.1 Å². The molecule has 5 heteroatoms. The van der Waals surface area contributed by atoms with Crippen LogP contribution in [0.5, 0.6) is 0 Å². The molecule has 0 spiro atoms. The van der Waals surface area contributed by atoms with Crippen molar-refractivity contribution in [1.82, 2.24) is 0 Å². The van der Waals surface area contributed by atoms with Gasteiger partial charge in [0.2, 0.25) is 0 Å². The molecule has 0 radical (unpaired) electrons. The van der Waals surface area contributed by atoms with Crippen LogP contribution >= 0.6 is 0 Å². The molecule has 0 heterocycles. The number of nitrogens with one attached hydrogen (secondary N) is 1. The van der Waals surface area contributed by atoms with Crippen molar-refractivity contribution in [3.05, 3.63) is 28.3 Å². The lowest BCUT2D eigenvalue weighted by Gasteiger charge is -2.19. The van der Waals surface area contributed by atoms with Crippen molar-refractivity contribution in [3.63, 3.8) is 0 Å². The van der Waals surface area contributed by atoms with Gasteiger partial charge in [-0.2, -0.15) is 0 Å². The van der Waals surface area contributed by atoms with Crippen LogP contribution in [0.3, 0.4) is 0 Å². The van der Waals surface area contributed by atoms with Crippen LogP contribution in [-0.4, -0.2) is 25.6 Å². The highest BCUT2D eigenvalue weighted by Gasteiger charge is 2.27. The Hall–Kier alpha value is -1.78. The van der Waals surface area contributed by atoms with E-state index in [1.807, 2.05) is 18.0 Å². The number of benzene rings is 1. The first-order valence-electron chi connectivity index (χ1n) is 5.79. The van der Waals surface area contributed by atoms with Crippen LogP contribution in [-0.2, 0) is 0 Å². The lowest BCUT2D eigenvalue weighted by Crippen LogP contribution is -2.21. The molecule has 92 valence electrons. The number of hydrogen-bond acceptors (Lipinski definition) is 4. The minimum atomic E-state index is -0.315. The molecule has 1 aromatic carbocycles. The van der Waals surface area contributed by atoms with E-state index < -0.39 is 0 Å². The maximum absolute atomic E-state index is 11.1. The van der Waals surface area contributed by atoms with Crippen LogP contribution in [0.1, 0.15) is 12.8 Å². The highest BCUT2D eigenvalue weighted by molar-refractivity contribution is 5.76. The van der Waals surface area contributed by atoms with Gasteiger partial charge in [0.15, 0.2) is 0 Å². The van der Waals surface area contributed by atoms with Gasteiger partial charge in [0, 0.05) is 20.6 Å². The summed E-state index contributed by atoms with van der Waals surface area (Å²) in [7, 11) is 3.62. The first kappa shape index (κ1) is 11.7. The molecule has 0 saturated heterocycles. The van der Waals surface area contributed by atoms with E-state index in [9.17, 15) is 10.1 Å². The largest absolute Gasteiger partial charge is 0.382 e. The first-order valence-corrected chi connectivity index (χ1v) is 5.79. The van der Waals surface area contributed by atoms with Crippen LogP contribution in [0.2, 0.25) is 0 Å². The van der Waals surface area contributed by atoms with Crippen molar-refractivity contribution in [2.45, 2.75) is 12.8 Å². The molecule has 17 heavy (non-hydrogen) atoms.